The van der Waals surface area contributed by atoms with Crippen molar-refractivity contribution in [2.45, 2.75) is 239 Å². The Labute approximate surface area is 715 Å². The van der Waals surface area contributed by atoms with Crippen LogP contribution in [-0.4, -0.2) is 229 Å². The minimum atomic E-state index is -0.550. The quantitative estimate of drug-likeness (QED) is 0.0264. The number of para-hydroxylation sites is 2. The van der Waals surface area contributed by atoms with Crippen molar-refractivity contribution >= 4 is 88.0 Å². The Morgan fingerprint density at radius 3 is 0.942 bits per heavy atom. The van der Waals surface area contributed by atoms with E-state index in [2.05, 4.69) is 129 Å². The van der Waals surface area contributed by atoms with E-state index in [1.165, 1.54) is 18.0 Å². The van der Waals surface area contributed by atoms with E-state index in [4.69, 9.17) is 28.7 Å². The summed E-state index contributed by atoms with van der Waals surface area (Å²) in [6.45, 7) is 25.3. The third-order valence-electron chi connectivity index (χ3n) is 20.5. The lowest BCUT2D eigenvalue weighted by atomic mass is 10.0. The number of fused-ring (bicyclic) bond motifs is 2. The number of primary amides is 1. The van der Waals surface area contributed by atoms with Crippen molar-refractivity contribution in [3.05, 3.63) is 72.1 Å². The molecule has 2 aromatic carbocycles. The van der Waals surface area contributed by atoms with Crippen LogP contribution in [0, 0.1) is 29.6 Å². The van der Waals surface area contributed by atoms with Gasteiger partial charge in [0.15, 0.2) is 0 Å². The Balaban J connectivity index is 0.000000629. The van der Waals surface area contributed by atoms with Gasteiger partial charge < -0.3 is 145 Å². The Kier molecular flexibility index (Phi) is 52.0. The second-order valence-electron chi connectivity index (χ2n) is 32.8. The van der Waals surface area contributed by atoms with E-state index >= 15 is 0 Å². The summed E-state index contributed by atoms with van der Waals surface area (Å²) in [6, 6.07) is 8.52. The SMILES string of the molecule is CC(C)[C@@H](CNC(=O)N[C@@H](CCCCN)CCC(N)=O)NC(=O)NC[C@@H](NC(=O)NC[C@H](CCCCN)NC(=O)NC[C@@H](C)Cc1c[nH]c2ccccc12)C(C)C.CNC(=O)NC[C@H](CCCCN)NC(=O)NC[C@@H](NC(=O)NC[C@H](Cc1c[nH]c2ccccc12)NC(=O)NC[C@H](CCCCN)NC(=O)NC[C@@H](NC(=O)NC(C)C)C(C)C)C(C)C. The normalized spacial score (nSPS) is 13.7. The van der Waals surface area contributed by atoms with Crippen LogP contribution in [0.3, 0.4) is 0 Å². The van der Waals surface area contributed by atoms with Gasteiger partial charge >= 0.3 is 60.3 Å². The number of hydrogen-bond acceptors (Lipinski definition) is 15. The van der Waals surface area contributed by atoms with Crippen molar-refractivity contribution in [1.82, 2.24) is 116 Å². The number of unbranched alkanes of at least 4 members (excludes halogenated alkanes) is 4. The van der Waals surface area contributed by atoms with E-state index in [9.17, 15) is 52.7 Å². The van der Waals surface area contributed by atoms with Crippen LogP contribution in [0.15, 0.2) is 60.9 Å². The lowest BCUT2D eigenvalue weighted by Gasteiger charge is -2.27. The number of aromatic amines is 2. The van der Waals surface area contributed by atoms with Gasteiger partial charge in [-0.3, -0.25) is 4.79 Å². The van der Waals surface area contributed by atoms with Gasteiger partial charge in [0, 0.05) is 137 Å². The molecule has 0 radical (unpaired) electrons. The number of benzene rings is 2. The average molecular weight is 1700 g/mol. The first-order valence-corrected chi connectivity index (χ1v) is 43.3. The van der Waals surface area contributed by atoms with E-state index < -0.39 is 66.3 Å². The number of rotatable bonds is 55. The van der Waals surface area contributed by atoms with Crippen LogP contribution in [0.5, 0.6) is 0 Å². The number of urea groups is 10. The molecule has 0 aliphatic carbocycles. The van der Waals surface area contributed by atoms with Crippen molar-refractivity contribution in [2.75, 3.05) is 92.1 Å². The summed E-state index contributed by atoms with van der Waals surface area (Å²) in [5, 5.41) is 59.7. The van der Waals surface area contributed by atoms with Gasteiger partial charge in [0.05, 0.1) is 30.2 Å². The molecule has 4 aromatic rings. The van der Waals surface area contributed by atoms with Crippen LogP contribution >= 0.6 is 0 Å². The average Bonchev–Trinajstić information content (AvgIpc) is 1.69. The summed E-state index contributed by atoms with van der Waals surface area (Å²) in [5.74, 6) is -0.235. The monoisotopic (exact) mass is 1700 g/mol. The number of carbonyl (C=O) groups excluding carboxylic acids is 11. The maximum absolute atomic E-state index is 13.5. The Hall–Kier alpha value is -10.5. The van der Waals surface area contributed by atoms with Gasteiger partial charge in [-0.2, -0.15) is 0 Å². The predicted octanol–water partition coefficient (Wildman–Crippen LogP) is 4.81. The number of carbonyl (C=O) groups is 11. The number of nitrogens with one attached hydrogen (secondary N) is 22. The molecule has 0 saturated carbocycles. The lowest BCUT2D eigenvalue weighted by molar-refractivity contribution is -0.118. The van der Waals surface area contributed by atoms with Crippen molar-refractivity contribution in [1.29, 1.82) is 0 Å². The molecule has 2 aromatic heterocycles. The molecule has 21 amide bonds. The minimum Gasteiger partial charge on any atom is -0.370 e. The topological polar surface area (TPSA) is 590 Å². The van der Waals surface area contributed by atoms with Gasteiger partial charge in [-0.15, -0.1) is 0 Å². The number of nitrogens with two attached hydrogens (primary N) is 5. The van der Waals surface area contributed by atoms with Crippen LogP contribution in [0.2, 0.25) is 0 Å². The van der Waals surface area contributed by atoms with Crippen molar-refractivity contribution in [3.8, 4) is 0 Å². The summed E-state index contributed by atoms with van der Waals surface area (Å²) in [5.41, 5.74) is 32.2. The first-order chi connectivity index (χ1) is 57.8. The highest BCUT2D eigenvalue weighted by Crippen LogP contribution is 2.22. The molecule has 0 aliphatic heterocycles. The van der Waals surface area contributed by atoms with Crippen LogP contribution in [0.4, 0.5) is 47.9 Å². The highest BCUT2D eigenvalue weighted by atomic mass is 16.2. The van der Waals surface area contributed by atoms with E-state index in [0.717, 1.165) is 79.8 Å². The standard InChI is InChI=1S/C43H79N15O6.C40H72N12O5/c1-27(2)36(25-51-40(61)54-31(14-10-12-18-44)22-48-38(59)46-7)57-42(63)50-24-33(20-30-21-47-35-17-9-8-16-34(30)35)56-39(60)49-23-32(15-11-13-19-45)55-41(62)52-26-37(28(3)4)58-43(64)53-29(5)6;1-26(2)34(24-47-38(55)49-30(12-8-10-18-41)16-17-36(43)53)52-40(57)48-25-35(27(3)4)51-39(56)46-23-31(13-9-11-19-42)50-37(54)45-21-28(5)20-29-22-44-33-15-7-6-14-32(29)33/h8-9,16-17,21,27-29,31-33,36-37,47H,10-15,18-20,22-26,44-45H2,1-7H3,(H2,46,48,59)(H2,49,56,60)(H2,50,57,63)(H2,51,54,61)(H2,52,55,62)(H2,53,58,64);6-7,14-15,22,26-28,30-31,34-35,44H,8-13,16-21,23-25,41-42H2,1-5H3,(H2,43,53)(H2,45,50,54)(H2,46,51,56)(H2,47,49,55)(H2,48,52,57)/t31-,32-,33-,36+,37+;28-,30-,31-,34+,35+/m00/s1. The number of H-pyrrole nitrogens is 2. The summed E-state index contributed by atoms with van der Waals surface area (Å²) in [7, 11) is 1.51. The molecule has 0 saturated heterocycles. The van der Waals surface area contributed by atoms with Crippen molar-refractivity contribution in [2.24, 2.45) is 58.3 Å². The van der Waals surface area contributed by atoms with Gasteiger partial charge in [0.25, 0.3) is 0 Å². The Morgan fingerprint density at radius 2 is 0.603 bits per heavy atom. The first kappa shape index (κ1) is 105. The molecule has 2 heterocycles. The molecule has 121 heavy (non-hydrogen) atoms. The molecule has 32 N–H and O–H groups in total. The van der Waals surface area contributed by atoms with Gasteiger partial charge in [0.1, 0.15) is 0 Å². The summed E-state index contributed by atoms with van der Waals surface area (Å²) >= 11 is 0. The molecule has 38 nitrogen and oxygen atoms in total. The Morgan fingerprint density at radius 1 is 0.314 bits per heavy atom. The van der Waals surface area contributed by atoms with Gasteiger partial charge in [-0.05, 0) is 164 Å². The van der Waals surface area contributed by atoms with Crippen molar-refractivity contribution < 1.29 is 52.7 Å². The predicted molar refractivity (Wildman–Crippen MR) is 478 cm³/mol. The third kappa shape index (κ3) is 46.2. The molecule has 10 atom stereocenters. The molecule has 0 bridgehead atoms. The maximum atomic E-state index is 13.5. The number of aromatic nitrogens is 2. The van der Waals surface area contributed by atoms with E-state index in [0.29, 0.717) is 71.2 Å². The minimum absolute atomic E-state index is 0.00162. The fraction of sp³-hybridized carbons (Fsp3) is 0.675. The van der Waals surface area contributed by atoms with Gasteiger partial charge in [0.2, 0.25) is 5.91 Å². The molecule has 0 fully saturated rings. The summed E-state index contributed by atoms with van der Waals surface area (Å²) < 4.78 is 0. The maximum Gasteiger partial charge on any atom is 0.315 e. The molecule has 38 heteroatoms. The molecule has 0 unspecified atom stereocenters. The van der Waals surface area contributed by atoms with Gasteiger partial charge in [-0.1, -0.05) is 124 Å². The Bertz CT molecular complexity index is 3670. The fourth-order valence-corrected chi connectivity index (χ4v) is 13.1. The summed E-state index contributed by atoms with van der Waals surface area (Å²) in [4.78, 5) is 146. The van der Waals surface area contributed by atoms with E-state index in [-0.39, 0.29) is 149 Å². The van der Waals surface area contributed by atoms with E-state index in [1.807, 2.05) is 124 Å². The molecule has 4 rings (SSSR count). The highest BCUT2D eigenvalue weighted by Gasteiger charge is 2.27. The van der Waals surface area contributed by atoms with Crippen LogP contribution in [-0.2, 0) is 17.6 Å². The second kappa shape index (κ2) is 60.1. The van der Waals surface area contributed by atoms with Gasteiger partial charge in [-0.25, -0.2) is 47.9 Å². The second-order valence-corrected chi connectivity index (χ2v) is 32.8. The molecule has 0 spiro atoms. The molecule has 0 aliphatic rings. The zero-order valence-corrected chi connectivity index (χ0v) is 73.8. The van der Waals surface area contributed by atoms with Crippen LogP contribution in [0.1, 0.15) is 177 Å². The zero-order valence-electron chi connectivity index (χ0n) is 73.8. The summed E-state index contributed by atoms with van der Waals surface area (Å²) in [6.07, 6.45) is 14.4. The van der Waals surface area contributed by atoms with Crippen LogP contribution < -0.4 is 135 Å². The van der Waals surface area contributed by atoms with Crippen LogP contribution in [0.25, 0.3) is 21.8 Å². The highest BCUT2D eigenvalue weighted by molar-refractivity contribution is 5.85. The molecular formula is C83H151N27O11. The molecular weight excluding hydrogens is 1550 g/mol. The first-order valence-electron chi connectivity index (χ1n) is 43.3. The van der Waals surface area contributed by atoms with E-state index in [1.54, 1.807) is 0 Å². The largest absolute Gasteiger partial charge is 0.370 e. The molecule has 684 valence electrons. The fourth-order valence-electron chi connectivity index (χ4n) is 13.1. The third-order valence-corrected chi connectivity index (χ3v) is 20.5. The lowest BCUT2D eigenvalue weighted by Crippen LogP contribution is -2.56. The number of hydrogen-bond donors (Lipinski definition) is 27. The smallest absolute Gasteiger partial charge is 0.315 e. The van der Waals surface area contributed by atoms with Crippen molar-refractivity contribution in [3.63, 3.8) is 0 Å². The zero-order chi connectivity index (χ0) is 89.6. The number of amides is 21.